The number of aryl methyl sites for hydroxylation is 1. The molecule has 1 saturated heterocycles. The summed E-state index contributed by atoms with van der Waals surface area (Å²) >= 11 is 0. The third kappa shape index (κ3) is 2.11. The van der Waals surface area contributed by atoms with Crippen LogP contribution in [0.4, 0.5) is 5.69 Å². The molecule has 3 unspecified atom stereocenters. The lowest BCUT2D eigenvalue weighted by atomic mass is 9.83. The zero-order chi connectivity index (χ0) is 18.7. The van der Waals surface area contributed by atoms with Gasteiger partial charge in [-0.25, -0.2) is 0 Å². The number of fused-ring (bicyclic) bond motifs is 1. The number of para-hydroxylation sites is 1. The van der Waals surface area contributed by atoms with E-state index in [0.29, 0.717) is 5.92 Å². The molecule has 2 nitrogen and oxygen atoms in total. The van der Waals surface area contributed by atoms with Crippen LogP contribution in [0.1, 0.15) is 56.1 Å². The Labute approximate surface area is 145 Å². The van der Waals surface area contributed by atoms with E-state index in [9.17, 15) is 0 Å². The summed E-state index contributed by atoms with van der Waals surface area (Å²) < 4.78 is 25.2. The molecule has 1 aliphatic carbocycles. The van der Waals surface area contributed by atoms with Crippen LogP contribution in [-0.4, -0.2) is 28.7 Å². The van der Waals surface area contributed by atoms with Crippen molar-refractivity contribution < 1.29 is 4.11 Å². The van der Waals surface area contributed by atoms with Crippen LogP contribution in [0.25, 0.3) is 0 Å². The summed E-state index contributed by atoms with van der Waals surface area (Å²) in [7, 11) is 0. The normalized spacial score (nSPS) is 40.2. The first-order valence-corrected chi connectivity index (χ1v) is 9.07. The first-order chi connectivity index (χ1) is 12.2. The number of nitrogens with zero attached hydrogens (tertiary/aromatic N) is 2. The lowest BCUT2D eigenvalue weighted by molar-refractivity contribution is 0.0772. The molecule has 4 atom stereocenters. The summed E-state index contributed by atoms with van der Waals surface area (Å²) in [6.45, 7) is 4.47. The fraction of sp³-hybridized carbons (Fsp3) is 0.619. The highest BCUT2D eigenvalue weighted by molar-refractivity contribution is 5.57. The lowest BCUT2D eigenvalue weighted by Gasteiger charge is -2.43. The van der Waals surface area contributed by atoms with Crippen molar-refractivity contribution in [1.82, 2.24) is 4.90 Å². The Morgan fingerprint density at radius 2 is 1.96 bits per heavy atom. The summed E-state index contributed by atoms with van der Waals surface area (Å²) in [5.41, 5.74) is 2.03. The molecule has 1 aromatic carbocycles. The van der Waals surface area contributed by atoms with Gasteiger partial charge in [-0.15, -0.1) is 0 Å². The highest BCUT2D eigenvalue weighted by Crippen LogP contribution is 2.48. The van der Waals surface area contributed by atoms with Gasteiger partial charge in [-0.2, -0.15) is 0 Å². The molecule has 2 heteroatoms. The third-order valence-electron chi connectivity index (χ3n) is 6.54. The molecule has 0 bridgehead atoms. The molecule has 0 radical (unpaired) electrons. The van der Waals surface area contributed by atoms with E-state index in [0.717, 1.165) is 11.3 Å². The summed E-state index contributed by atoms with van der Waals surface area (Å²) in [5.74, 6) is 0.553. The maximum absolute atomic E-state index is 8.39. The van der Waals surface area contributed by atoms with Crippen LogP contribution in [0.2, 0.25) is 0 Å². The molecule has 0 aromatic heterocycles. The van der Waals surface area contributed by atoms with Crippen LogP contribution in [0.15, 0.2) is 36.4 Å². The second kappa shape index (κ2) is 5.37. The van der Waals surface area contributed by atoms with Gasteiger partial charge < -0.3 is 4.90 Å². The number of benzene rings is 1. The minimum absolute atomic E-state index is 0.140. The summed E-state index contributed by atoms with van der Waals surface area (Å²) in [6, 6.07) is 8.48. The van der Waals surface area contributed by atoms with Crippen molar-refractivity contribution in [3.63, 3.8) is 0 Å². The molecule has 4 rings (SSSR count). The Morgan fingerprint density at radius 3 is 2.65 bits per heavy atom. The first-order valence-electron chi connectivity index (χ1n) is 10.6. The second-order valence-corrected chi connectivity index (χ2v) is 7.77. The van der Waals surface area contributed by atoms with Crippen LogP contribution < -0.4 is 4.90 Å². The maximum Gasteiger partial charge on any atom is 0.0808 e. The molecule has 0 amide bonds. The Bertz CT molecular complexity index is 707. The Morgan fingerprint density at radius 1 is 1.22 bits per heavy atom. The molecule has 2 aliphatic heterocycles. The van der Waals surface area contributed by atoms with Crippen molar-refractivity contribution in [2.45, 2.75) is 77.1 Å². The quantitative estimate of drug-likeness (QED) is 0.728. The molecule has 0 N–H and O–H groups in total. The number of hydrogen-bond donors (Lipinski definition) is 0. The van der Waals surface area contributed by atoms with E-state index in [2.05, 4.69) is 54.9 Å². The fourth-order valence-electron chi connectivity index (χ4n) is 5.20. The second-order valence-electron chi connectivity index (χ2n) is 7.77. The molecular formula is C21H30N2. The van der Waals surface area contributed by atoms with E-state index >= 15 is 0 Å². The summed E-state index contributed by atoms with van der Waals surface area (Å²) in [4.78, 5) is 4.50. The molecular weight excluding hydrogens is 280 g/mol. The monoisotopic (exact) mass is 313 g/mol. The SMILES string of the molecule is [2H]C([2H])([2H])C1N(c2ccccc2C)[C@@H](C)C2C=CC(C)(C3CCCC3)N21. The highest BCUT2D eigenvalue weighted by Gasteiger charge is 2.54. The van der Waals surface area contributed by atoms with Crippen LogP contribution in [0.5, 0.6) is 0 Å². The van der Waals surface area contributed by atoms with Gasteiger partial charge in [-0.05, 0) is 58.0 Å². The van der Waals surface area contributed by atoms with Crippen LogP contribution in [0, 0.1) is 12.8 Å². The van der Waals surface area contributed by atoms with Crippen molar-refractivity contribution in [3.8, 4) is 0 Å². The van der Waals surface area contributed by atoms with Crippen molar-refractivity contribution in [3.05, 3.63) is 42.0 Å². The maximum atomic E-state index is 8.39. The molecule has 2 heterocycles. The molecule has 1 aromatic rings. The first kappa shape index (κ1) is 12.1. The van der Waals surface area contributed by atoms with Gasteiger partial charge in [0.1, 0.15) is 0 Å². The zero-order valence-electron chi connectivity index (χ0n) is 17.5. The Kier molecular flexibility index (Phi) is 2.84. The average Bonchev–Trinajstić information content (AvgIpc) is 3.26. The van der Waals surface area contributed by atoms with Crippen molar-refractivity contribution >= 4 is 5.69 Å². The average molecular weight is 314 g/mol. The van der Waals surface area contributed by atoms with Gasteiger partial charge in [0, 0.05) is 21.4 Å². The van der Waals surface area contributed by atoms with E-state index < -0.39 is 13.0 Å². The van der Waals surface area contributed by atoms with Crippen LogP contribution in [-0.2, 0) is 0 Å². The largest absolute Gasteiger partial charge is 0.351 e. The van der Waals surface area contributed by atoms with Crippen molar-refractivity contribution in [2.24, 2.45) is 5.92 Å². The predicted octanol–water partition coefficient (Wildman–Crippen LogP) is 4.74. The minimum Gasteiger partial charge on any atom is -0.351 e. The van der Waals surface area contributed by atoms with E-state index in [1.165, 1.54) is 25.7 Å². The fourth-order valence-corrected chi connectivity index (χ4v) is 5.20. The molecule has 124 valence electrons. The number of anilines is 1. The molecule has 2 fully saturated rings. The number of rotatable bonds is 2. The van der Waals surface area contributed by atoms with Gasteiger partial charge in [0.25, 0.3) is 0 Å². The summed E-state index contributed by atoms with van der Waals surface area (Å²) in [6.07, 6.45) is 8.96. The van der Waals surface area contributed by atoms with E-state index in [4.69, 9.17) is 4.11 Å². The van der Waals surface area contributed by atoms with E-state index in [1.807, 2.05) is 12.1 Å². The number of hydrogen-bond acceptors (Lipinski definition) is 2. The van der Waals surface area contributed by atoms with Gasteiger partial charge in [-0.3, -0.25) is 4.90 Å². The Balaban J connectivity index is 1.81. The Hall–Kier alpha value is -1.28. The van der Waals surface area contributed by atoms with Gasteiger partial charge in [-0.1, -0.05) is 43.2 Å². The van der Waals surface area contributed by atoms with Gasteiger partial charge in [0.05, 0.1) is 12.2 Å². The minimum atomic E-state index is -2.06. The standard InChI is InChI=1S/C21H30N2/c1-15-9-5-8-12-19(15)22-16(2)20-13-14-21(4,23(20)17(22)3)18-10-6-7-11-18/h5,8-9,12-14,16-18,20H,6-7,10-11H2,1-4H3/t16-,17?,20?,21?/m0/s1/i3D3. The molecule has 23 heavy (non-hydrogen) atoms. The van der Waals surface area contributed by atoms with Crippen LogP contribution in [0.3, 0.4) is 0 Å². The van der Waals surface area contributed by atoms with E-state index in [-0.39, 0.29) is 17.6 Å². The summed E-state index contributed by atoms with van der Waals surface area (Å²) in [5, 5.41) is 0. The molecule has 0 spiro atoms. The zero-order valence-corrected chi connectivity index (χ0v) is 14.5. The molecule has 1 saturated carbocycles. The van der Waals surface area contributed by atoms with Gasteiger partial charge >= 0.3 is 0 Å². The van der Waals surface area contributed by atoms with Gasteiger partial charge in [0.15, 0.2) is 0 Å². The topological polar surface area (TPSA) is 6.48 Å². The van der Waals surface area contributed by atoms with Crippen LogP contribution >= 0.6 is 0 Å². The predicted molar refractivity (Wildman–Crippen MR) is 97.7 cm³/mol. The van der Waals surface area contributed by atoms with E-state index in [1.54, 1.807) is 0 Å². The third-order valence-corrected chi connectivity index (χ3v) is 6.54. The van der Waals surface area contributed by atoms with Crippen molar-refractivity contribution in [1.29, 1.82) is 0 Å². The highest BCUT2D eigenvalue weighted by atomic mass is 15.5. The lowest BCUT2D eigenvalue weighted by Crippen LogP contribution is -2.52. The molecule has 3 aliphatic rings. The smallest absolute Gasteiger partial charge is 0.0808 e. The van der Waals surface area contributed by atoms with Crippen molar-refractivity contribution in [2.75, 3.05) is 4.90 Å². The van der Waals surface area contributed by atoms with Gasteiger partial charge in [0.2, 0.25) is 0 Å².